The molecule has 0 spiro atoms. The lowest BCUT2D eigenvalue weighted by Crippen LogP contribution is -2.09. The standard InChI is InChI=1S/C12H11ClFN3/c1-8(12-7-15-4-5-16-12)17-11-6-9(14)2-3-10(11)13/h2-8,17H,1H3. The normalized spacial score (nSPS) is 12.2. The van der Waals surface area contributed by atoms with E-state index in [1.165, 1.54) is 18.2 Å². The Balaban J connectivity index is 2.18. The lowest BCUT2D eigenvalue weighted by molar-refractivity contribution is 0.628. The van der Waals surface area contributed by atoms with E-state index in [1.54, 1.807) is 18.6 Å². The highest BCUT2D eigenvalue weighted by atomic mass is 35.5. The Hall–Kier alpha value is -1.68. The Morgan fingerprint density at radius 3 is 2.88 bits per heavy atom. The smallest absolute Gasteiger partial charge is 0.125 e. The van der Waals surface area contributed by atoms with Crippen LogP contribution >= 0.6 is 11.6 Å². The minimum absolute atomic E-state index is 0.0944. The number of benzene rings is 1. The summed E-state index contributed by atoms with van der Waals surface area (Å²) in [5.74, 6) is -0.330. The maximum absolute atomic E-state index is 13.1. The molecule has 0 aliphatic rings. The average molecular weight is 252 g/mol. The molecule has 2 rings (SSSR count). The van der Waals surface area contributed by atoms with Crippen LogP contribution < -0.4 is 5.32 Å². The third kappa shape index (κ3) is 2.91. The minimum Gasteiger partial charge on any atom is -0.376 e. The number of nitrogens with one attached hydrogen (secondary N) is 1. The predicted molar refractivity (Wildman–Crippen MR) is 65.5 cm³/mol. The lowest BCUT2D eigenvalue weighted by Gasteiger charge is -2.15. The summed E-state index contributed by atoms with van der Waals surface area (Å²) < 4.78 is 13.1. The van der Waals surface area contributed by atoms with Crippen molar-refractivity contribution < 1.29 is 4.39 Å². The van der Waals surface area contributed by atoms with Crippen molar-refractivity contribution in [2.24, 2.45) is 0 Å². The summed E-state index contributed by atoms with van der Waals surface area (Å²) in [6, 6.07) is 4.10. The van der Waals surface area contributed by atoms with Crippen LogP contribution in [0.1, 0.15) is 18.7 Å². The minimum atomic E-state index is -0.330. The second-order valence-corrected chi connectivity index (χ2v) is 4.03. The van der Waals surface area contributed by atoms with Gasteiger partial charge in [-0.15, -0.1) is 0 Å². The van der Waals surface area contributed by atoms with Crippen molar-refractivity contribution in [3.8, 4) is 0 Å². The molecular weight excluding hydrogens is 241 g/mol. The van der Waals surface area contributed by atoms with Crippen molar-refractivity contribution in [3.05, 3.63) is 53.3 Å². The maximum atomic E-state index is 13.1. The van der Waals surface area contributed by atoms with E-state index in [9.17, 15) is 4.39 Å². The molecule has 88 valence electrons. The van der Waals surface area contributed by atoms with Crippen molar-refractivity contribution in [2.45, 2.75) is 13.0 Å². The molecule has 0 amide bonds. The van der Waals surface area contributed by atoms with Gasteiger partial charge in [-0.05, 0) is 25.1 Å². The summed E-state index contributed by atoms with van der Waals surface area (Å²) in [4.78, 5) is 8.14. The molecule has 1 aromatic carbocycles. The Bertz CT molecular complexity index is 504. The van der Waals surface area contributed by atoms with Crippen LogP contribution in [-0.4, -0.2) is 9.97 Å². The van der Waals surface area contributed by atoms with E-state index in [0.717, 1.165) is 5.69 Å². The van der Waals surface area contributed by atoms with Gasteiger partial charge >= 0.3 is 0 Å². The summed E-state index contributed by atoms with van der Waals surface area (Å²) in [7, 11) is 0. The van der Waals surface area contributed by atoms with E-state index in [2.05, 4.69) is 15.3 Å². The zero-order chi connectivity index (χ0) is 12.3. The Morgan fingerprint density at radius 1 is 1.35 bits per heavy atom. The molecule has 2 aromatic rings. The second-order valence-electron chi connectivity index (χ2n) is 3.62. The molecule has 0 aliphatic carbocycles. The largest absolute Gasteiger partial charge is 0.376 e. The molecule has 0 aliphatic heterocycles. The summed E-state index contributed by atoms with van der Waals surface area (Å²) in [6.45, 7) is 1.91. The van der Waals surface area contributed by atoms with Crippen molar-refractivity contribution in [2.75, 3.05) is 5.32 Å². The van der Waals surface area contributed by atoms with E-state index < -0.39 is 0 Å². The molecule has 1 atom stereocenters. The molecule has 0 radical (unpaired) electrons. The van der Waals surface area contributed by atoms with E-state index in [1.807, 2.05) is 6.92 Å². The third-order valence-electron chi connectivity index (χ3n) is 2.33. The molecule has 0 saturated heterocycles. The van der Waals surface area contributed by atoms with Crippen LogP contribution in [0.4, 0.5) is 10.1 Å². The lowest BCUT2D eigenvalue weighted by atomic mass is 10.2. The molecule has 1 N–H and O–H groups in total. The molecule has 17 heavy (non-hydrogen) atoms. The second kappa shape index (κ2) is 5.10. The summed E-state index contributed by atoms with van der Waals surface area (Å²) in [5, 5.41) is 3.57. The van der Waals surface area contributed by atoms with Crippen LogP contribution in [0.2, 0.25) is 5.02 Å². The highest BCUT2D eigenvalue weighted by Crippen LogP contribution is 2.26. The fourth-order valence-corrected chi connectivity index (χ4v) is 1.62. The van der Waals surface area contributed by atoms with E-state index in [4.69, 9.17) is 11.6 Å². The van der Waals surface area contributed by atoms with E-state index >= 15 is 0 Å². The molecule has 1 aromatic heterocycles. The van der Waals surface area contributed by atoms with Gasteiger partial charge in [-0.1, -0.05) is 11.6 Å². The van der Waals surface area contributed by atoms with Gasteiger partial charge in [-0.25, -0.2) is 4.39 Å². The van der Waals surface area contributed by atoms with Gasteiger partial charge in [0.25, 0.3) is 0 Å². The first kappa shape index (κ1) is 11.8. The van der Waals surface area contributed by atoms with Gasteiger partial charge in [0.15, 0.2) is 0 Å². The number of aromatic nitrogens is 2. The molecule has 0 fully saturated rings. The maximum Gasteiger partial charge on any atom is 0.125 e. The Labute approximate surface area is 104 Å². The zero-order valence-corrected chi connectivity index (χ0v) is 9.95. The first-order chi connectivity index (χ1) is 8.16. The molecule has 3 nitrogen and oxygen atoms in total. The Morgan fingerprint density at radius 2 is 2.18 bits per heavy atom. The zero-order valence-electron chi connectivity index (χ0n) is 9.19. The van der Waals surface area contributed by atoms with Crippen molar-refractivity contribution in [1.29, 1.82) is 0 Å². The molecular formula is C12H11ClFN3. The Kier molecular flexibility index (Phi) is 3.54. The molecule has 1 heterocycles. The predicted octanol–water partition coefficient (Wildman–Crippen LogP) is 3.44. The van der Waals surface area contributed by atoms with Gasteiger partial charge in [0.05, 0.1) is 28.6 Å². The van der Waals surface area contributed by atoms with Gasteiger partial charge in [-0.3, -0.25) is 9.97 Å². The topological polar surface area (TPSA) is 37.8 Å². The van der Waals surface area contributed by atoms with E-state index in [-0.39, 0.29) is 11.9 Å². The fourth-order valence-electron chi connectivity index (χ4n) is 1.45. The highest BCUT2D eigenvalue weighted by Gasteiger charge is 2.09. The van der Waals surface area contributed by atoms with Crippen molar-refractivity contribution in [3.63, 3.8) is 0 Å². The van der Waals surface area contributed by atoms with Gasteiger partial charge in [0, 0.05) is 12.4 Å². The van der Waals surface area contributed by atoms with Crippen LogP contribution in [0.5, 0.6) is 0 Å². The van der Waals surface area contributed by atoms with Crippen molar-refractivity contribution >= 4 is 17.3 Å². The van der Waals surface area contributed by atoms with Crippen LogP contribution in [0.15, 0.2) is 36.8 Å². The number of hydrogen-bond donors (Lipinski definition) is 1. The fraction of sp³-hybridized carbons (Fsp3) is 0.167. The molecule has 1 unspecified atom stereocenters. The van der Waals surface area contributed by atoms with Crippen molar-refractivity contribution in [1.82, 2.24) is 9.97 Å². The van der Waals surface area contributed by atoms with Gasteiger partial charge in [0.2, 0.25) is 0 Å². The summed E-state index contributed by atoms with van der Waals surface area (Å²) >= 11 is 5.96. The number of anilines is 1. The van der Waals surface area contributed by atoms with Crippen LogP contribution in [0.3, 0.4) is 0 Å². The number of halogens is 2. The monoisotopic (exact) mass is 251 g/mol. The van der Waals surface area contributed by atoms with Crippen LogP contribution in [0, 0.1) is 5.82 Å². The van der Waals surface area contributed by atoms with Gasteiger partial charge < -0.3 is 5.32 Å². The molecule has 5 heteroatoms. The number of hydrogen-bond acceptors (Lipinski definition) is 3. The summed E-state index contributed by atoms with van der Waals surface area (Å²) in [5.41, 5.74) is 1.32. The molecule has 0 saturated carbocycles. The van der Waals surface area contributed by atoms with Crippen LogP contribution in [-0.2, 0) is 0 Å². The van der Waals surface area contributed by atoms with Gasteiger partial charge in [-0.2, -0.15) is 0 Å². The quantitative estimate of drug-likeness (QED) is 0.908. The number of rotatable bonds is 3. The SMILES string of the molecule is CC(Nc1cc(F)ccc1Cl)c1cnccn1. The molecule has 0 bridgehead atoms. The van der Waals surface area contributed by atoms with E-state index in [0.29, 0.717) is 10.7 Å². The van der Waals surface area contributed by atoms with Crippen LogP contribution in [0.25, 0.3) is 0 Å². The highest BCUT2D eigenvalue weighted by molar-refractivity contribution is 6.33. The summed E-state index contributed by atoms with van der Waals surface area (Å²) in [6.07, 6.45) is 4.87. The first-order valence-electron chi connectivity index (χ1n) is 5.14. The first-order valence-corrected chi connectivity index (χ1v) is 5.52. The van der Waals surface area contributed by atoms with Gasteiger partial charge in [0.1, 0.15) is 5.82 Å². The average Bonchev–Trinajstić information content (AvgIpc) is 2.35. The third-order valence-corrected chi connectivity index (χ3v) is 2.66. The number of nitrogens with zero attached hydrogens (tertiary/aromatic N) is 2.